The fourth-order valence-electron chi connectivity index (χ4n) is 5.41. The molecule has 0 spiro atoms. The van der Waals surface area contributed by atoms with Crippen molar-refractivity contribution in [2.24, 2.45) is 0 Å². The molecular formula is C34H27FN8O3S. The molecule has 0 aliphatic carbocycles. The number of hydrogen-bond acceptors (Lipinski definition) is 7. The van der Waals surface area contributed by atoms with Gasteiger partial charge in [-0.3, -0.25) is 14.9 Å². The molecule has 0 aliphatic heterocycles. The zero-order valence-corrected chi connectivity index (χ0v) is 25.8. The van der Waals surface area contributed by atoms with Crippen molar-refractivity contribution in [3.63, 3.8) is 0 Å². The molecule has 13 heteroatoms. The normalized spacial score (nSPS) is 11.7. The van der Waals surface area contributed by atoms with Gasteiger partial charge in [-0.05, 0) is 70.8 Å². The van der Waals surface area contributed by atoms with E-state index in [2.05, 4.69) is 35.2 Å². The van der Waals surface area contributed by atoms with E-state index in [1.807, 2.05) is 54.6 Å². The number of aromatic nitrogens is 6. The van der Waals surface area contributed by atoms with Crippen molar-refractivity contribution < 1.29 is 17.6 Å². The van der Waals surface area contributed by atoms with Gasteiger partial charge in [0.1, 0.15) is 22.7 Å². The summed E-state index contributed by atoms with van der Waals surface area (Å²) in [5, 5.41) is 11.2. The number of nitrogens with zero attached hydrogens (tertiary/aromatic N) is 4. The van der Waals surface area contributed by atoms with Gasteiger partial charge in [-0.1, -0.05) is 30.3 Å². The van der Waals surface area contributed by atoms with E-state index in [1.54, 1.807) is 30.7 Å². The molecule has 0 fully saturated rings. The quantitative estimate of drug-likeness (QED) is 0.159. The molecule has 1 amide bonds. The maximum absolute atomic E-state index is 14.6. The summed E-state index contributed by atoms with van der Waals surface area (Å²) in [7, 11) is -3.45. The number of hydrogen-bond donors (Lipinski definition) is 4. The first-order valence-corrected chi connectivity index (χ1v) is 16.4. The zero-order chi connectivity index (χ0) is 32.5. The average Bonchev–Trinajstić information content (AvgIpc) is 3.68. The van der Waals surface area contributed by atoms with E-state index in [4.69, 9.17) is 4.98 Å². The van der Waals surface area contributed by atoms with Gasteiger partial charge in [0.2, 0.25) is 15.9 Å². The highest BCUT2D eigenvalue weighted by atomic mass is 32.2. The maximum Gasteiger partial charge on any atom is 0.228 e. The summed E-state index contributed by atoms with van der Waals surface area (Å²) < 4.78 is 40.2. The van der Waals surface area contributed by atoms with Crippen molar-refractivity contribution >= 4 is 43.7 Å². The first-order chi connectivity index (χ1) is 22.7. The van der Waals surface area contributed by atoms with Crippen molar-refractivity contribution in [3.05, 3.63) is 114 Å². The summed E-state index contributed by atoms with van der Waals surface area (Å²) in [5.74, 6) is -0.639. The monoisotopic (exact) mass is 646 g/mol. The minimum Gasteiger partial charge on any atom is -0.338 e. The number of fused-ring (bicyclic) bond motifs is 2. The van der Waals surface area contributed by atoms with Crippen LogP contribution in [0.4, 0.5) is 10.1 Å². The topological polar surface area (TPSA) is 158 Å². The van der Waals surface area contributed by atoms with Crippen molar-refractivity contribution in [3.8, 4) is 33.8 Å². The fourth-order valence-corrected chi connectivity index (χ4v) is 5.84. The number of halogens is 1. The number of sulfonamides is 1. The summed E-state index contributed by atoms with van der Waals surface area (Å²) in [6, 6.07) is 23.1. The molecule has 7 aromatic rings. The number of amides is 1. The van der Waals surface area contributed by atoms with E-state index >= 15 is 0 Å². The van der Waals surface area contributed by atoms with Crippen LogP contribution in [0, 0.1) is 5.82 Å². The first-order valence-electron chi connectivity index (χ1n) is 14.6. The lowest BCUT2D eigenvalue weighted by molar-refractivity contribution is -0.115. The Morgan fingerprint density at radius 2 is 1.79 bits per heavy atom. The molecule has 47 heavy (non-hydrogen) atoms. The first kappa shape index (κ1) is 29.9. The van der Waals surface area contributed by atoms with Crippen LogP contribution in [-0.2, 0) is 27.8 Å². The fraction of sp³-hybridized carbons (Fsp3) is 0.0882. The zero-order valence-electron chi connectivity index (χ0n) is 25.0. The SMILES string of the molecule is CS(=O)(=O)NCc1cc(F)cc(-c2ccnc3[nH]c(-c4n[nH]c5ccc(-c6cncc(NC(=O)Cc7ccccc7)c6)nc45)cc23)c1. The van der Waals surface area contributed by atoms with E-state index in [0.717, 1.165) is 17.2 Å². The molecule has 0 radical (unpaired) electrons. The number of rotatable bonds is 9. The number of aromatic amines is 2. The highest BCUT2D eigenvalue weighted by Gasteiger charge is 2.17. The molecular weight excluding hydrogens is 619 g/mol. The standard InChI is InChI=1S/C34H27FN8O3S/c1-47(45,46)38-17-21-11-22(14-24(35)12-21)26-9-10-37-34-27(26)16-30(41-34)33-32-29(42-43-33)8-7-28(40-32)23-15-25(19-36-18-23)39-31(44)13-20-5-3-2-4-6-20/h2-12,14-16,18-19,38H,13,17H2,1H3,(H,37,41)(H,39,44)(H,42,43). The van der Waals surface area contributed by atoms with Gasteiger partial charge in [0.05, 0.1) is 41.5 Å². The summed E-state index contributed by atoms with van der Waals surface area (Å²) in [6.07, 6.45) is 6.19. The van der Waals surface area contributed by atoms with Crippen molar-refractivity contribution in [2.75, 3.05) is 11.6 Å². The van der Waals surface area contributed by atoms with Crippen LogP contribution in [0.3, 0.4) is 0 Å². The third kappa shape index (κ3) is 6.61. The van der Waals surface area contributed by atoms with Crippen molar-refractivity contribution in [1.82, 2.24) is 34.9 Å². The van der Waals surface area contributed by atoms with Crippen molar-refractivity contribution in [1.29, 1.82) is 0 Å². The van der Waals surface area contributed by atoms with E-state index in [1.165, 1.54) is 12.1 Å². The van der Waals surface area contributed by atoms with Gasteiger partial charge in [-0.25, -0.2) is 27.5 Å². The summed E-state index contributed by atoms with van der Waals surface area (Å²) in [4.78, 5) is 29.6. The van der Waals surface area contributed by atoms with Gasteiger partial charge in [0, 0.05) is 29.9 Å². The molecule has 0 atom stereocenters. The molecule has 0 unspecified atom stereocenters. The number of pyridine rings is 3. The lowest BCUT2D eigenvalue weighted by Crippen LogP contribution is -2.21. The Morgan fingerprint density at radius 3 is 2.62 bits per heavy atom. The second kappa shape index (κ2) is 12.2. The number of benzene rings is 2. The lowest BCUT2D eigenvalue weighted by Gasteiger charge is -2.08. The maximum atomic E-state index is 14.6. The number of nitrogens with one attached hydrogen (secondary N) is 4. The second-order valence-electron chi connectivity index (χ2n) is 11.1. The van der Waals surface area contributed by atoms with E-state index in [0.29, 0.717) is 61.7 Å². The van der Waals surface area contributed by atoms with Gasteiger partial charge in [-0.2, -0.15) is 5.10 Å². The van der Waals surface area contributed by atoms with Crippen LogP contribution in [-0.4, -0.2) is 50.7 Å². The van der Waals surface area contributed by atoms with Crippen LogP contribution < -0.4 is 10.0 Å². The van der Waals surface area contributed by atoms with Gasteiger partial charge in [0.25, 0.3) is 0 Å². The summed E-state index contributed by atoms with van der Waals surface area (Å²) in [5.41, 5.74) is 7.67. The van der Waals surface area contributed by atoms with E-state index < -0.39 is 15.8 Å². The van der Waals surface area contributed by atoms with Crippen LogP contribution in [0.15, 0.2) is 97.5 Å². The Hall–Kier alpha value is -5.79. The molecule has 5 heterocycles. The molecule has 2 aromatic carbocycles. The van der Waals surface area contributed by atoms with Gasteiger partial charge < -0.3 is 10.3 Å². The van der Waals surface area contributed by atoms with Gasteiger partial charge in [0.15, 0.2) is 0 Å². The minimum absolute atomic E-state index is 0.0397. The highest BCUT2D eigenvalue weighted by Crippen LogP contribution is 2.34. The van der Waals surface area contributed by atoms with Crippen LogP contribution in [0.5, 0.6) is 0 Å². The summed E-state index contributed by atoms with van der Waals surface area (Å²) >= 11 is 0. The predicted molar refractivity (Wildman–Crippen MR) is 178 cm³/mol. The molecule has 0 saturated carbocycles. The Labute approximate surface area is 268 Å². The number of anilines is 1. The molecule has 0 saturated heterocycles. The van der Waals surface area contributed by atoms with Crippen molar-refractivity contribution in [2.45, 2.75) is 13.0 Å². The van der Waals surface area contributed by atoms with Crippen LogP contribution in [0.1, 0.15) is 11.1 Å². The molecule has 0 aliphatic rings. The number of H-pyrrole nitrogens is 2. The molecule has 4 N–H and O–H groups in total. The predicted octanol–water partition coefficient (Wildman–Crippen LogP) is 5.60. The molecule has 7 rings (SSSR count). The molecule has 11 nitrogen and oxygen atoms in total. The third-order valence-corrected chi connectivity index (χ3v) is 8.20. The Morgan fingerprint density at radius 1 is 0.936 bits per heavy atom. The molecule has 234 valence electrons. The molecule has 0 bridgehead atoms. The number of carbonyl (C=O) groups is 1. The average molecular weight is 647 g/mol. The Bertz CT molecular complexity index is 2390. The Kier molecular flexibility index (Phi) is 7.75. The van der Waals surface area contributed by atoms with Crippen LogP contribution >= 0.6 is 0 Å². The molecule has 5 aromatic heterocycles. The third-order valence-electron chi connectivity index (χ3n) is 7.53. The largest absolute Gasteiger partial charge is 0.338 e. The number of carbonyl (C=O) groups excluding carboxylic acids is 1. The second-order valence-corrected chi connectivity index (χ2v) is 12.9. The highest BCUT2D eigenvalue weighted by molar-refractivity contribution is 7.88. The van der Waals surface area contributed by atoms with Gasteiger partial charge >= 0.3 is 0 Å². The van der Waals surface area contributed by atoms with E-state index in [-0.39, 0.29) is 18.9 Å². The van der Waals surface area contributed by atoms with Crippen LogP contribution in [0.25, 0.3) is 55.8 Å². The summed E-state index contributed by atoms with van der Waals surface area (Å²) in [6.45, 7) is -0.0397. The Balaban J connectivity index is 1.20. The smallest absolute Gasteiger partial charge is 0.228 e. The van der Waals surface area contributed by atoms with Gasteiger partial charge in [-0.15, -0.1) is 0 Å². The minimum atomic E-state index is -3.45. The van der Waals surface area contributed by atoms with Crippen LogP contribution in [0.2, 0.25) is 0 Å². The lowest BCUT2D eigenvalue weighted by atomic mass is 10.0. The van der Waals surface area contributed by atoms with E-state index in [9.17, 15) is 17.6 Å².